The largest absolute Gasteiger partial charge is 0.387 e. The van der Waals surface area contributed by atoms with Gasteiger partial charge in [0.05, 0.1) is 10.0 Å². The minimum Gasteiger partial charge on any atom is -0.387 e. The molecule has 1 aromatic carbocycles. The summed E-state index contributed by atoms with van der Waals surface area (Å²) >= 11 is 12.4. The molecule has 0 aromatic heterocycles. The van der Waals surface area contributed by atoms with E-state index in [1.165, 1.54) is 11.1 Å². The monoisotopic (exact) mass is 311 g/mol. The molecule has 0 saturated carbocycles. The average Bonchev–Trinajstić information content (AvgIpc) is 2.82. The number of hydrogen-bond acceptors (Lipinski definition) is 2. The Morgan fingerprint density at radius 3 is 2.90 bits per heavy atom. The Morgan fingerprint density at radius 2 is 2.20 bits per heavy atom. The van der Waals surface area contributed by atoms with Gasteiger partial charge in [-0.1, -0.05) is 41.8 Å². The van der Waals surface area contributed by atoms with E-state index >= 15 is 0 Å². The predicted molar refractivity (Wildman–Crippen MR) is 79.9 cm³/mol. The molecule has 0 saturated heterocycles. The van der Waals surface area contributed by atoms with Gasteiger partial charge >= 0.3 is 0 Å². The number of carbonyl (C=O) groups is 1. The molecule has 0 unspecified atom stereocenters. The zero-order valence-electron chi connectivity index (χ0n) is 11.1. The Labute approximate surface area is 127 Å². The van der Waals surface area contributed by atoms with Gasteiger partial charge in [-0.15, -0.1) is 0 Å². The minimum atomic E-state index is -0.441. The number of carbonyl (C=O) groups excluding carboxylic acids is 1. The first-order chi connectivity index (χ1) is 9.52. The highest BCUT2D eigenvalue weighted by atomic mass is 35.5. The molecule has 20 heavy (non-hydrogen) atoms. The van der Waals surface area contributed by atoms with Gasteiger partial charge in [-0.05, 0) is 35.1 Å². The molecule has 1 heterocycles. The Morgan fingerprint density at radius 1 is 1.45 bits per heavy atom. The molecular weight excluding hydrogens is 297 g/mol. The molecule has 106 valence electrons. The van der Waals surface area contributed by atoms with E-state index in [0.717, 1.165) is 17.5 Å². The molecule has 0 spiro atoms. The lowest BCUT2D eigenvalue weighted by Crippen LogP contribution is -2.41. The molecule has 0 bridgehead atoms. The van der Waals surface area contributed by atoms with Crippen LogP contribution in [0.4, 0.5) is 0 Å². The summed E-state index contributed by atoms with van der Waals surface area (Å²) in [6.45, 7) is 2.86. The second-order valence-corrected chi connectivity index (χ2v) is 6.19. The van der Waals surface area contributed by atoms with Crippen LogP contribution in [0.15, 0.2) is 17.7 Å². The summed E-state index contributed by atoms with van der Waals surface area (Å²) in [4.78, 5) is 13.4. The summed E-state index contributed by atoms with van der Waals surface area (Å²) in [6.07, 6.45) is 0.812. The summed E-state index contributed by atoms with van der Waals surface area (Å²) in [5, 5.41) is 10.2. The van der Waals surface area contributed by atoms with Crippen molar-refractivity contribution in [1.29, 1.82) is 0 Å². The van der Waals surface area contributed by atoms with E-state index in [2.05, 4.69) is 6.92 Å². The number of aliphatic hydroxyl groups is 1. The standard InChI is InChI=1S/C15H15Cl2NO2/c1-8-5-18(14(20)7-19)6-12-9-2-3-13(16)15(17)11(9)4-10(8)12/h2-3,8,19H,4-7H2,1H3/t8-/m0/s1. The normalized spacial score (nSPS) is 21.0. The molecule has 1 atom stereocenters. The topological polar surface area (TPSA) is 40.5 Å². The highest BCUT2D eigenvalue weighted by molar-refractivity contribution is 6.42. The van der Waals surface area contributed by atoms with Crippen molar-refractivity contribution < 1.29 is 9.90 Å². The number of nitrogens with zero attached hydrogens (tertiary/aromatic N) is 1. The number of benzene rings is 1. The summed E-state index contributed by atoms with van der Waals surface area (Å²) in [7, 11) is 0. The van der Waals surface area contributed by atoms with Gasteiger partial charge in [-0.2, -0.15) is 0 Å². The van der Waals surface area contributed by atoms with Crippen LogP contribution in [0.5, 0.6) is 0 Å². The van der Waals surface area contributed by atoms with Crippen molar-refractivity contribution in [2.24, 2.45) is 5.92 Å². The van der Waals surface area contributed by atoms with E-state index < -0.39 is 6.61 Å². The highest BCUT2D eigenvalue weighted by Gasteiger charge is 2.34. The number of fused-ring (bicyclic) bond motifs is 2. The van der Waals surface area contributed by atoms with Gasteiger partial charge in [0, 0.05) is 13.1 Å². The van der Waals surface area contributed by atoms with Gasteiger partial charge in [0.2, 0.25) is 5.91 Å². The number of hydrogen-bond donors (Lipinski definition) is 1. The van der Waals surface area contributed by atoms with Crippen molar-refractivity contribution in [3.8, 4) is 0 Å². The van der Waals surface area contributed by atoms with E-state index in [1.807, 2.05) is 6.07 Å². The van der Waals surface area contributed by atoms with Crippen LogP contribution in [0, 0.1) is 5.92 Å². The smallest absolute Gasteiger partial charge is 0.248 e. The minimum absolute atomic E-state index is 0.225. The fraction of sp³-hybridized carbons (Fsp3) is 0.400. The average molecular weight is 312 g/mol. The maximum Gasteiger partial charge on any atom is 0.248 e. The number of rotatable bonds is 1. The van der Waals surface area contributed by atoms with Crippen molar-refractivity contribution in [3.05, 3.63) is 38.9 Å². The third-order valence-electron chi connectivity index (χ3n) is 4.20. The highest BCUT2D eigenvalue weighted by Crippen LogP contribution is 2.44. The molecule has 1 aliphatic carbocycles. The van der Waals surface area contributed by atoms with Crippen molar-refractivity contribution in [1.82, 2.24) is 4.90 Å². The SMILES string of the molecule is C[C@H]1CN(C(=O)CO)CC2=C1Cc1c2ccc(Cl)c1Cl. The van der Waals surface area contributed by atoms with Gasteiger partial charge in [0.1, 0.15) is 6.61 Å². The van der Waals surface area contributed by atoms with E-state index in [9.17, 15) is 4.79 Å². The second kappa shape index (κ2) is 5.06. The second-order valence-electron chi connectivity index (χ2n) is 5.40. The van der Waals surface area contributed by atoms with Crippen LogP contribution >= 0.6 is 23.2 Å². The molecule has 1 amide bonds. The molecule has 5 heteroatoms. The lowest BCUT2D eigenvalue weighted by molar-refractivity contribution is -0.134. The lowest BCUT2D eigenvalue weighted by atomic mass is 9.91. The van der Waals surface area contributed by atoms with Crippen LogP contribution in [0.1, 0.15) is 18.1 Å². The van der Waals surface area contributed by atoms with Crippen LogP contribution in [0.2, 0.25) is 10.0 Å². The van der Waals surface area contributed by atoms with Gasteiger partial charge in [0.15, 0.2) is 0 Å². The first-order valence-electron chi connectivity index (χ1n) is 6.60. The van der Waals surface area contributed by atoms with Crippen molar-refractivity contribution in [2.75, 3.05) is 19.7 Å². The Balaban J connectivity index is 2.02. The van der Waals surface area contributed by atoms with E-state index in [4.69, 9.17) is 28.3 Å². The first kappa shape index (κ1) is 13.9. The maximum atomic E-state index is 11.7. The van der Waals surface area contributed by atoms with Crippen LogP contribution in [-0.2, 0) is 11.2 Å². The maximum absolute atomic E-state index is 11.7. The van der Waals surface area contributed by atoms with Gasteiger partial charge in [-0.3, -0.25) is 4.79 Å². The first-order valence-corrected chi connectivity index (χ1v) is 7.36. The molecule has 0 fully saturated rings. The molecule has 3 nitrogen and oxygen atoms in total. The predicted octanol–water partition coefficient (Wildman–Crippen LogP) is 2.77. The molecule has 2 aliphatic rings. The molecular formula is C15H15Cl2NO2. The Hall–Kier alpha value is -1.03. The van der Waals surface area contributed by atoms with Crippen LogP contribution in [-0.4, -0.2) is 35.6 Å². The summed E-state index contributed by atoms with van der Waals surface area (Å²) in [5.41, 5.74) is 4.66. The van der Waals surface area contributed by atoms with E-state index in [1.54, 1.807) is 11.0 Å². The number of halogens is 2. The van der Waals surface area contributed by atoms with Crippen molar-refractivity contribution in [2.45, 2.75) is 13.3 Å². The quantitative estimate of drug-likeness (QED) is 0.866. The number of aliphatic hydroxyl groups excluding tert-OH is 1. The molecule has 1 aliphatic heterocycles. The van der Waals surface area contributed by atoms with Gasteiger partial charge < -0.3 is 10.0 Å². The van der Waals surface area contributed by atoms with E-state index in [0.29, 0.717) is 23.1 Å². The van der Waals surface area contributed by atoms with Crippen LogP contribution in [0.3, 0.4) is 0 Å². The van der Waals surface area contributed by atoms with Crippen molar-refractivity contribution >= 4 is 34.7 Å². The summed E-state index contributed by atoms with van der Waals surface area (Å²) in [5.74, 6) is 0.0494. The Kier molecular flexibility index (Phi) is 3.53. The Bertz CT molecular complexity index is 625. The zero-order chi connectivity index (χ0) is 14.4. The summed E-state index contributed by atoms with van der Waals surface area (Å²) < 4.78 is 0. The molecule has 0 radical (unpaired) electrons. The van der Waals surface area contributed by atoms with Gasteiger partial charge in [0.25, 0.3) is 0 Å². The van der Waals surface area contributed by atoms with Gasteiger partial charge in [-0.25, -0.2) is 0 Å². The third-order valence-corrected chi connectivity index (χ3v) is 5.05. The summed E-state index contributed by atoms with van der Waals surface area (Å²) in [6, 6.07) is 3.78. The zero-order valence-corrected chi connectivity index (χ0v) is 12.6. The lowest BCUT2D eigenvalue weighted by Gasteiger charge is -2.32. The fourth-order valence-corrected chi connectivity index (χ4v) is 3.57. The number of amides is 1. The van der Waals surface area contributed by atoms with Crippen LogP contribution < -0.4 is 0 Å². The molecule has 1 aromatic rings. The van der Waals surface area contributed by atoms with Crippen LogP contribution in [0.25, 0.3) is 5.57 Å². The molecule has 3 rings (SSSR count). The van der Waals surface area contributed by atoms with Crippen molar-refractivity contribution in [3.63, 3.8) is 0 Å². The van der Waals surface area contributed by atoms with E-state index in [-0.39, 0.29) is 11.8 Å². The molecule has 1 N–H and O–H groups in total. The fourth-order valence-electron chi connectivity index (χ4n) is 3.16. The third kappa shape index (κ3) is 2.05.